The number of ether oxygens (including phenoxy) is 1. The van der Waals surface area contributed by atoms with Gasteiger partial charge in [-0.2, -0.15) is 0 Å². The molecule has 2 aromatic heterocycles. The lowest BCUT2D eigenvalue weighted by atomic mass is 9.98. The minimum absolute atomic E-state index is 0.386. The van der Waals surface area contributed by atoms with E-state index in [1.54, 1.807) is 0 Å². The standard InChI is InChI=1S/C16H23N5O5/c1-8(2)3-4-17-14-10-15(19-6-18-14)20-7-21(10)16-13(25)12(24)11(23)9(5-22)26-16/h3,6-7,9,11-13,16,22-25H,4-5H2,1-2H3,(H,17,18,19)/t9-,11-,12+,13-,16-/m1/s1. The highest BCUT2D eigenvalue weighted by molar-refractivity contribution is 5.83. The van der Waals surface area contributed by atoms with Gasteiger partial charge in [0, 0.05) is 6.54 Å². The Morgan fingerprint density at radius 1 is 1.19 bits per heavy atom. The second-order valence-electron chi connectivity index (χ2n) is 6.43. The molecule has 0 unspecified atom stereocenters. The van der Waals surface area contributed by atoms with Gasteiger partial charge in [-0.05, 0) is 13.8 Å². The van der Waals surface area contributed by atoms with Gasteiger partial charge in [-0.1, -0.05) is 11.6 Å². The normalized spacial score (nSPS) is 28.9. The lowest BCUT2D eigenvalue weighted by Gasteiger charge is -2.40. The molecule has 3 rings (SSSR count). The first-order valence-corrected chi connectivity index (χ1v) is 8.29. The van der Waals surface area contributed by atoms with Crippen LogP contribution in [0, 0.1) is 0 Å². The Morgan fingerprint density at radius 3 is 2.65 bits per heavy atom. The predicted molar refractivity (Wildman–Crippen MR) is 92.3 cm³/mol. The maximum absolute atomic E-state index is 10.4. The monoisotopic (exact) mass is 365 g/mol. The molecule has 0 amide bonds. The zero-order valence-electron chi connectivity index (χ0n) is 14.5. The lowest BCUT2D eigenvalue weighted by Crippen LogP contribution is -2.56. The van der Waals surface area contributed by atoms with Gasteiger partial charge in [0.2, 0.25) is 0 Å². The van der Waals surface area contributed by atoms with E-state index >= 15 is 0 Å². The summed E-state index contributed by atoms with van der Waals surface area (Å²) in [5, 5.41) is 42.9. The van der Waals surface area contributed by atoms with Crippen molar-refractivity contribution in [1.29, 1.82) is 0 Å². The summed E-state index contributed by atoms with van der Waals surface area (Å²) in [5.74, 6) is 0.488. The molecule has 142 valence electrons. The van der Waals surface area contributed by atoms with Gasteiger partial charge in [0.15, 0.2) is 17.7 Å². The van der Waals surface area contributed by atoms with Gasteiger partial charge in [-0.3, -0.25) is 4.57 Å². The number of allylic oxidation sites excluding steroid dienone is 1. The molecule has 26 heavy (non-hydrogen) atoms. The molecule has 5 atom stereocenters. The molecule has 1 saturated heterocycles. The summed E-state index contributed by atoms with van der Waals surface area (Å²) >= 11 is 0. The van der Waals surface area contributed by atoms with E-state index < -0.39 is 37.3 Å². The summed E-state index contributed by atoms with van der Waals surface area (Å²) in [4.78, 5) is 12.5. The summed E-state index contributed by atoms with van der Waals surface area (Å²) in [6.07, 6.45) is -1.62. The summed E-state index contributed by atoms with van der Waals surface area (Å²) in [7, 11) is 0. The van der Waals surface area contributed by atoms with Crippen molar-refractivity contribution in [1.82, 2.24) is 19.5 Å². The molecular formula is C16H23N5O5. The van der Waals surface area contributed by atoms with E-state index in [0.29, 0.717) is 23.5 Å². The number of aliphatic hydroxyl groups excluding tert-OH is 4. The Hall–Kier alpha value is -2.11. The molecule has 1 aliphatic rings. The molecule has 1 aliphatic heterocycles. The molecule has 0 aliphatic carbocycles. The Bertz CT molecular complexity index is 788. The average molecular weight is 365 g/mol. The van der Waals surface area contributed by atoms with Gasteiger partial charge in [-0.25, -0.2) is 15.0 Å². The number of nitrogens with one attached hydrogen (secondary N) is 1. The van der Waals surface area contributed by atoms with Crippen LogP contribution in [0.5, 0.6) is 0 Å². The summed E-state index contributed by atoms with van der Waals surface area (Å²) < 4.78 is 7.09. The molecule has 5 N–H and O–H groups in total. The molecule has 0 bridgehead atoms. The fourth-order valence-electron chi connectivity index (χ4n) is 2.86. The van der Waals surface area contributed by atoms with E-state index in [1.807, 2.05) is 19.9 Å². The third kappa shape index (κ3) is 3.41. The molecule has 0 aromatic carbocycles. The largest absolute Gasteiger partial charge is 0.394 e. The molecular weight excluding hydrogens is 342 g/mol. The number of hydrogen-bond acceptors (Lipinski definition) is 9. The van der Waals surface area contributed by atoms with Crippen molar-refractivity contribution < 1.29 is 25.2 Å². The molecule has 3 heterocycles. The van der Waals surface area contributed by atoms with Crippen molar-refractivity contribution in [3.8, 4) is 0 Å². The zero-order valence-corrected chi connectivity index (χ0v) is 14.5. The number of nitrogens with zero attached hydrogens (tertiary/aromatic N) is 4. The first-order valence-electron chi connectivity index (χ1n) is 8.29. The van der Waals surface area contributed by atoms with Gasteiger partial charge < -0.3 is 30.5 Å². The van der Waals surface area contributed by atoms with Crippen molar-refractivity contribution in [3.05, 3.63) is 24.3 Å². The van der Waals surface area contributed by atoms with E-state index in [0.717, 1.165) is 5.57 Å². The van der Waals surface area contributed by atoms with Crippen LogP contribution >= 0.6 is 0 Å². The van der Waals surface area contributed by atoms with Crippen LogP contribution in [-0.4, -0.2) is 77.5 Å². The second-order valence-corrected chi connectivity index (χ2v) is 6.43. The van der Waals surface area contributed by atoms with Gasteiger partial charge in [0.25, 0.3) is 0 Å². The minimum Gasteiger partial charge on any atom is -0.394 e. The van der Waals surface area contributed by atoms with Gasteiger partial charge in [0.05, 0.1) is 6.61 Å². The van der Waals surface area contributed by atoms with Crippen LogP contribution in [0.4, 0.5) is 5.82 Å². The number of anilines is 1. The Labute approximate surface area is 149 Å². The number of imidazole rings is 1. The molecule has 2 aromatic rings. The lowest BCUT2D eigenvalue weighted by molar-refractivity contribution is -0.250. The van der Waals surface area contributed by atoms with Gasteiger partial charge in [0.1, 0.15) is 42.6 Å². The van der Waals surface area contributed by atoms with Crippen LogP contribution < -0.4 is 5.32 Å². The molecule has 1 fully saturated rings. The van der Waals surface area contributed by atoms with Crippen LogP contribution in [0.3, 0.4) is 0 Å². The Kier molecular flexibility index (Phi) is 5.49. The number of fused-ring (bicyclic) bond motifs is 1. The van der Waals surface area contributed by atoms with E-state index in [1.165, 1.54) is 17.2 Å². The second kappa shape index (κ2) is 7.64. The highest BCUT2D eigenvalue weighted by atomic mass is 16.6. The van der Waals surface area contributed by atoms with Crippen LogP contribution in [-0.2, 0) is 4.74 Å². The van der Waals surface area contributed by atoms with E-state index in [9.17, 15) is 20.4 Å². The Morgan fingerprint density at radius 2 is 1.96 bits per heavy atom. The fourth-order valence-corrected chi connectivity index (χ4v) is 2.86. The van der Waals surface area contributed by atoms with Crippen LogP contribution in [0.1, 0.15) is 20.1 Å². The first kappa shape index (κ1) is 18.7. The summed E-state index contributed by atoms with van der Waals surface area (Å²) in [6, 6.07) is 0. The molecule has 0 saturated carbocycles. The van der Waals surface area contributed by atoms with Crippen LogP contribution in [0.25, 0.3) is 11.2 Å². The number of aliphatic hydroxyl groups is 4. The third-order valence-corrected chi connectivity index (χ3v) is 4.29. The quantitative estimate of drug-likeness (QED) is 0.429. The molecule has 0 spiro atoms. The van der Waals surface area contributed by atoms with Crippen molar-refractivity contribution >= 4 is 17.0 Å². The summed E-state index contributed by atoms with van der Waals surface area (Å²) in [6.45, 7) is 4.00. The summed E-state index contributed by atoms with van der Waals surface area (Å²) in [5.41, 5.74) is 2.01. The van der Waals surface area contributed by atoms with Gasteiger partial charge in [-0.15, -0.1) is 0 Å². The average Bonchev–Trinajstić information content (AvgIpc) is 3.05. The van der Waals surface area contributed by atoms with Crippen molar-refractivity contribution in [2.45, 2.75) is 44.5 Å². The van der Waals surface area contributed by atoms with Crippen molar-refractivity contribution in [2.75, 3.05) is 18.5 Å². The van der Waals surface area contributed by atoms with Crippen molar-refractivity contribution in [2.24, 2.45) is 0 Å². The van der Waals surface area contributed by atoms with Crippen LogP contribution in [0.2, 0.25) is 0 Å². The number of aromatic nitrogens is 4. The maximum atomic E-state index is 10.4. The third-order valence-electron chi connectivity index (χ3n) is 4.29. The highest BCUT2D eigenvalue weighted by Crippen LogP contribution is 2.32. The Balaban J connectivity index is 1.98. The van der Waals surface area contributed by atoms with Gasteiger partial charge >= 0.3 is 0 Å². The SMILES string of the molecule is CC(C)=CCNc1ncnc2ncn([C@@H]3O[C@H](CO)[C@@H](O)[C@H](O)[C@H]3O)c12. The number of rotatable bonds is 5. The molecule has 10 nitrogen and oxygen atoms in total. The first-order chi connectivity index (χ1) is 12.4. The fraction of sp³-hybridized carbons (Fsp3) is 0.562. The smallest absolute Gasteiger partial charge is 0.183 e. The number of hydrogen-bond donors (Lipinski definition) is 5. The topological polar surface area (TPSA) is 146 Å². The predicted octanol–water partition coefficient (Wildman–Crippen LogP) is -0.823. The maximum Gasteiger partial charge on any atom is 0.183 e. The molecule has 10 heteroatoms. The van der Waals surface area contributed by atoms with Crippen LogP contribution in [0.15, 0.2) is 24.3 Å². The van der Waals surface area contributed by atoms with E-state index in [4.69, 9.17) is 4.74 Å². The van der Waals surface area contributed by atoms with E-state index in [2.05, 4.69) is 20.3 Å². The molecule has 0 radical (unpaired) electrons. The zero-order chi connectivity index (χ0) is 18.8. The minimum atomic E-state index is -1.48. The highest BCUT2D eigenvalue weighted by Gasteiger charge is 2.44. The van der Waals surface area contributed by atoms with Crippen molar-refractivity contribution in [3.63, 3.8) is 0 Å². The van der Waals surface area contributed by atoms with E-state index in [-0.39, 0.29) is 0 Å².